The van der Waals surface area contributed by atoms with Crippen LogP contribution in [0.3, 0.4) is 0 Å². The van der Waals surface area contributed by atoms with Gasteiger partial charge in [0.05, 0.1) is 24.8 Å². The van der Waals surface area contributed by atoms with Crippen molar-refractivity contribution in [3.63, 3.8) is 0 Å². The summed E-state index contributed by atoms with van der Waals surface area (Å²) in [5.74, 6) is 1.71. The molecule has 1 aromatic carbocycles. The lowest BCUT2D eigenvalue weighted by molar-refractivity contribution is 0.299. The van der Waals surface area contributed by atoms with E-state index in [9.17, 15) is 0 Å². The highest BCUT2D eigenvalue weighted by molar-refractivity contribution is 7.99. The molecule has 1 atom stereocenters. The van der Waals surface area contributed by atoms with Crippen LogP contribution in [0.15, 0.2) is 24.3 Å². The second-order valence-corrected chi connectivity index (χ2v) is 5.25. The molecule has 0 aromatic heterocycles. The number of rotatable bonds is 7. The predicted octanol–water partition coefficient (Wildman–Crippen LogP) is 2.44. The SMILES string of the molecule is CC(CO)SCCCOc1cccc(C#N)c1. The maximum Gasteiger partial charge on any atom is 0.120 e. The van der Waals surface area contributed by atoms with Gasteiger partial charge in [-0.05, 0) is 30.4 Å². The summed E-state index contributed by atoms with van der Waals surface area (Å²) in [5, 5.41) is 17.9. The number of nitrogens with zero attached hydrogens (tertiary/aromatic N) is 1. The zero-order valence-corrected chi connectivity index (χ0v) is 10.7. The van der Waals surface area contributed by atoms with Gasteiger partial charge in [0.25, 0.3) is 0 Å². The van der Waals surface area contributed by atoms with E-state index in [2.05, 4.69) is 6.07 Å². The number of hydrogen-bond acceptors (Lipinski definition) is 4. The average Bonchev–Trinajstić information content (AvgIpc) is 2.38. The molecule has 1 unspecified atom stereocenters. The first-order chi connectivity index (χ1) is 8.26. The Kier molecular flexibility index (Phi) is 6.53. The molecule has 4 heteroatoms. The number of benzene rings is 1. The fourth-order valence-corrected chi connectivity index (χ4v) is 2.03. The van der Waals surface area contributed by atoms with Gasteiger partial charge in [-0.3, -0.25) is 0 Å². The first-order valence-corrected chi connectivity index (χ1v) is 6.66. The van der Waals surface area contributed by atoms with Crippen LogP contribution >= 0.6 is 11.8 Å². The minimum atomic E-state index is 0.218. The minimum absolute atomic E-state index is 0.218. The summed E-state index contributed by atoms with van der Waals surface area (Å²) in [6, 6.07) is 9.24. The molecule has 0 bridgehead atoms. The van der Waals surface area contributed by atoms with Crippen LogP contribution in [0.25, 0.3) is 0 Å². The summed E-state index contributed by atoms with van der Waals surface area (Å²) in [4.78, 5) is 0. The lowest BCUT2D eigenvalue weighted by Gasteiger charge is -2.08. The van der Waals surface area contributed by atoms with E-state index in [1.54, 1.807) is 23.9 Å². The smallest absolute Gasteiger partial charge is 0.120 e. The molecule has 1 N–H and O–H groups in total. The molecule has 0 saturated heterocycles. The minimum Gasteiger partial charge on any atom is -0.494 e. The number of nitriles is 1. The fraction of sp³-hybridized carbons (Fsp3) is 0.462. The van der Waals surface area contributed by atoms with Crippen molar-refractivity contribution in [1.29, 1.82) is 5.26 Å². The van der Waals surface area contributed by atoms with Gasteiger partial charge in [-0.25, -0.2) is 0 Å². The van der Waals surface area contributed by atoms with Gasteiger partial charge < -0.3 is 9.84 Å². The molecular weight excluding hydrogens is 234 g/mol. The van der Waals surface area contributed by atoms with Crippen LogP contribution in [0.2, 0.25) is 0 Å². The lowest BCUT2D eigenvalue weighted by Crippen LogP contribution is -2.05. The average molecular weight is 251 g/mol. The molecule has 17 heavy (non-hydrogen) atoms. The normalized spacial score (nSPS) is 11.8. The topological polar surface area (TPSA) is 53.2 Å². The molecule has 0 amide bonds. The van der Waals surface area contributed by atoms with Crippen molar-refractivity contribution in [2.75, 3.05) is 19.0 Å². The Morgan fingerprint density at radius 2 is 2.35 bits per heavy atom. The number of aliphatic hydroxyl groups excluding tert-OH is 1. The number of aliphatic hydroxyl groups is 1. The van der Waals surface area contributed by atoms with Crippen LogP contribution in [0, 0.1) is 11.3 Å². The van der Waals surface area contributed by atoms with Crippen LogP contribution in [0.5, 0.6) is 5.75 Å². The van der Waals surface area contributed by atoms with Crippen molar-refractivity contribution in [2.45, 2.75) is 18.6 Å². The standard InChI is InChI=1S/C13H17NO2S/c1-11(10-15)17-7-3-6-16-13-5-2-4-12(8-13)9-14/h2,4-5,8,11,15H,3,6-7,10H2,1H3. The van der Waals surface area contributed by atoms with Crippen LogP contribution in [0.4, 0.5) is 0 Å². The molecule has 0 saturated carbocycles. The number of hydrogen-bond donors (Lipinski definition) is 1. The van der Waals surface area contributed by atoms with Crippen LogP contribution < -0.4 is 4.74 Å². The molecule has 0 heterocycles. The molecule has 1 aromatic rings. The second kappa shape index (κ2) is 7.99. The van der Waals surface area contributed by atoms with Crippen molar-refractivity contribution in [3.8, 4) is 11.8 Å². The van der Waals surface area contributed by atoms with E-state index in [4.69, 9.17) is 15.1 Å². The Morgan fingerprint density at radius 3 is 3.06 bits per heavy atom. The van der Waals surface area contributed by atoms with Crippen molar-refractivity contribution in [2.24, 2.45) is 0 Å². The van der Waals surface area contributed by atoms with E-state index >= 15 is 0 Å². The molecule has 3 nitrogen and oxygen atoms in total. The highest BCUT2D eigenvalue weighted by Gasteiger charge is 2.00. The summed E-state index contributed by atoms with van der Waals surface area (Å²) in [7, 11) is 0. The van der Waals surface area contributed by atoms with Gasteiger partial charge in [0, 0.05) is 5.25 Å². The third-order valence-electron chi connectivity index (χ3n) is 2.18. The Labute approximate surface area is 106 Å². The van der Waals surface area contributed by atoms with Gasteiger partial charge in [-0.2, -0.15) is 17.0 Å². The van der Waals surface area contributed by atoms with E-state index in [-0.39, 0.29) is 11.9 Å². The Balaban J connectivity index is 2.20. The number of ether oxygens (including phenoxy) is 1. The van der Waals surface area contributed by atoms with Crippen molar-refractivity contribution in [3.05, 3.63) is 29.8 Å². The van der Waals surface area contributed by atoms with Gasteiger partial charge in [-0.15, -0.1) is 0 Å². The monoisotopic (exact) mass is 251 g/mol. The van der Waals surface area contributed by atoms with Crippen LogP contribution in [-0.2, 0) is 0 Å². The molecule has 92 valence electrons. The third kappa shape index (κ3) is 5.62. The fourth-order valence-electron chi connectivity index (χ4n) is 1.24. The highest BCUT2D eigenvalue weighted by Crippen LogP contribution is 2.14. The van der Waals surface area contributed by atoms with Gasteiger partial charge >= 0.3 is 0 Å². The maximum absolute atomic E-state index is 8.84. The summed E-state index contributed by atoms with van der Waals surface area (Å²) < 4.78 is 5.54. The molecule has 0 aliphatic heterocycles. The van der Waals surface area contributed by atoms with E-state index in [1.165, 1.54) is 0 Å². The lowest BCUT2D eigenvalue weighted by atomic mass is 10.2. The maximum atomic E-state index is 8.84. The largest absolute Gasteiger partial charge is 0.494 e. The summed E-state index contributed by atoms with van der Waals surface area (Å²) in [6.45, 7) is 2.86. The number of thioether (sulfide) groups is 1. The molecule has 1 rings (SSSR count). The second-order valence-electron chi connectivity index (χ2n) is 3.71. The van der Waals surface area contributed by atoms with Gasteiger partial charge in [0.2, 0.25) is 0 Å². The summed E-state index contributed by atoms with van der Waals surface area (Å²) in [6.07, 6.45) is 0.936. The van der Waals surface area contributed by atoms with Gasteiger partial charge in [0.1, 0.15) is 5.75 Å². The summed E-state index contributed by atoms with van der Waals surface area (Å²) >= 11 is 1.74. The molecule has 0 aliphatic carbocycles. The van der Waals surface area contributed by atoms with Crippen molar-refractivity contribution in [1.82, 2.24) is 0 Å². The first-order valence-electron chi connectivity index (χ1n) is 5.61. The molecule has 0 radical (unpaired) electrons. The van der Waals surface area contributed by atoms with Crippen molar-refractivity contribution < 1.29 is 9.84 Å². The van der Waals surface area contributed by atoms with Crippen molar-refractivity contribution >= 4 is 11.8 Å². The van der Waals surface area contributed by atoms with Gasteiger partial charge in [-0.1, -0.05) is 13.0 Å². The predicted molar refractivity (Wildman–Crippen MR) is 70.3 cm³/mol. The third-order valence-corrected chi connectivity index (χ3v) is 3.42. The Hall–Kier alpha value is -1.18. The zero-order valence-electron chi connectivity index (χ0n) is 9.93. The quantitative estimate of drug-likeness (QED) is 0.756. The molecule has 0 spiro atoms. The molecular formula is C13H17NO2S. The van der Waals surface area contributed by atoms with Crippen LogP contribution in [-0.4, -0.2) is 29.3 Å². The van der Waals surface area contributed by atoms with E-state index in [0.29, 0.717) is 12.2 Å². The van der Waals surface area contributed by atoms with E-state index < -0.39 is 0 Å². The van der Waals surface area contributed by atoms with E-state index in [1.807, 2.05) is 19.1 Å². The molecule has 0 fully saturated rings. The zero-order chi connectivity index (χ0) is 12.5. The first kappa shape index (κ1) is 13.9. The van der Waals surface area contributed by atoms with Crippen LogP contribution in [0.1, 0.15) is 18.9 Å². The molecule has 0 aliphatic rings. The summed E-state index contributed by atoms with van der Waals surface area (Å²) in [5.41, 5.74) is 0.616. The van der Waals surface area contributed by atoms with E-state index in [0.717, 1.165) is 17.9 Å². The highest BCUT2D eigenvalue weighted by atomic mass is 32.2. The Morgan fingerprint density at radius 1 is 1.53 bits per heavy atom. The van der Waals surface area contributed by atoms with Gasteiger partial charge in [0.15, 0.2) is 0 Å². The Bertz CT molecular complexity index is 376.